The summed E-state index contributed by atoms with van der Waals surface area (Å²) >= 11 is 5.12. The van der Waals surface area contributed by atoms with E-state index in [2.05, 4.69) is 31.9 Å². The Morgan fingerprint density at radius 2 is 2.29 bits per heavy atom. The van der Waals surface area contributed by atoms with Crippen molar-refractivity contribution < 1.29 is 9.18 Å². The summed E-state index contributed by atoms with van der Waals surface area (Å²) < 4.78 is 13.9. The maximum Gasteiger partial charge on any atom is 0.185 e. The topological polar surface area (TPSA) is 33.2 Å². The lowest BCUT2D eigenvalue weighted by Gasteiger charge is -2.19. The van der Waals surface area contributed by atoms with E-state index < -0.39 is 5.82 Å². The predicted molar refractivity (Wildman–Crippen MR) is 86.0 cm³/mol. The van der Waals surface area contributed by atoms with E-state index in [-0.39, 0.29) is 11.7 Å². The number of Topliss-reactive ketones (excluding diaryl/α,β-unsaturated/α-hetero) is 1. The lowest BCUT2D eigenvalue weighted by Crippen LogP contribution is -2.28. The molecule has 2 rings (SSSR count). The van der Waals surface area contributed by atoms with E-state index in [0.29, 0.717) is 12.2 Å². The van der Waals surface area contributed by atoms with Gasteiger partial charge in [0.25, 0.3) is 0 Å². The maximum absolute atomic E-state index is 12.8. The number of carbonyl (C=O) groups excluding carboxylic acids is 1. The molecule has 112 valence electrons. The Bertz CT molecular complexity index is 614. The lowest BCUT2D eigenvalue weighted by atomic mass is 10.0. The van der Waals surface area contributed by atoms with Gasteiger partial charge in [-0.25, -0.2) is 4.39 Å². The first-order valence-corrected chi connectivity index (χ1v) is 8.20. The second-order valence-corrected chi connectivity index (χ2v) is 6.97. The highest BCUT2D eigenvalue weighted by atomic mass is 79.9. The van der Waals surface area contributed by atoms with Crippen LogP contribution in [0.15, 0.2) is 34.2 Å². The molecule has 0 spiro atoms. The minimum atomic E-state index is -0.431. The zero-order valence-electron chi connectivity index (χ0n) is 11.8. The Balaban J connectivity index is 1.92. The van der Waals surface area contributed by atoms with Gasteiger partial charge in [0.1, 0.15) is 11.5 Å². The first-order valence-electron chi connectivity index (χ1n) is 6.53. The van der Waals surface area contributed by atoms with E-state index in [0.717, 1.165) is 17.2 Å². The van der Waals surface area contributed by atoms with E-state index in [1.54, 1.807) is 11.3 Å². The van der Waals surface area contributed by atoms with Crippen LogP contribution < -0.4 is 0 Å². The minimum Gasteiger partial charge on any atom is -0.301 e. The molecule has 0 saturated carbocycles. The number of hydrogen-bond acceptors (Lipinski definition) is 4. The average Bonchev–Trinajstić information content (AvgIpc) is 2.83. The van der Waals surface area contributed by atoms with Crippen LogP contribution in [0.25, 0.3) is 0 Å². The Hall–Kier alpha value is -1.11. The molecule has 1 unspecified atom stereocenters. The SMILES string of the molecule is CC(CN(C)Cc1cc(Br)cs1)C(=O)c1ccc(F)cn1. The standard InChI is InChI=1S/C15H16BrFN2OS/c1-10(15(20)14-4-3-12(17)6-18-14)7-19(2)8-13-5-11(16)9-21-13/h3-6,9-10H,7-8H2,1-2H3. The van der Waals surface area contributed by atoms with Gasteiger partial charge in [-0.1, -0.05) is 6.92 Å². The summed E-state index contributed by atoms with van der Waals surface area (Å²) in [4.78, 5) is 19.4. The minimum absolute atomic E-state index is 0.0609. The number of aromatic nitrogens is 1. The van der Waals surface area contributed by atoms with E-state index in [4.69, 9.17) is 0 Å². The van der Waals surface area contributed by atoms with Crippen LogP contribution in [0.4, 0.5) is 4.39 Å². The molecular formula is C15H16BrFN2OS. The number of thiophene rings is 1. The fourth-order valence-electron chi connectivity index (χ4n) is 2.09. The summed E-state index contributed by atoms with van der Waals surface area (Å²) in [5.74, 6) is -0.676. The highest BCUT2D eigenvalue weighted by molar-refractivity contribution is 9.10. The summed E-state index contributed by atoms with van der Waals surface area (Å²) in [7, 11) is 1.98. The highest BCUT2D eigenvalue weighted by Crippen LogP contribution is 2.21. The molecule has 6 heteroatoms. The molecule has 1 atom stereocenters. The quantitative estimate of drug-likeness (QED) is 0.720. The van der Waals surface area contributed by atoms with Crippen molar-refractivity contribution in [1.29, 1.82) is 0 Å². The number of carbonyl (C=O) groups is 1. The number of nitrogens with zero attached hydrogens (tertiary/aromatic N) is 2. The molecule has 0 aliphatic rings. The van der Waals surface area contributed by atoms with E-state index >= 15 is 0 Å². The lowest BCUT2D eigenvalue weighted by molar-refractivity contribution is 0.0896. The van der Waals surface area contributed by atoms with Crippen molar-refractivity contribution in [2.24, 2.45) is 5.92 Å². The first-order chi connectivity index (χ1) is 9.95. The third kappa shape index (κ3) is 4.69. The highest BCUT2D eigenvalue weighted by Gasteiger charge is 2.18. The van der Waals surface area contributed by atoms with Gasteiger partial charge in [-0.15, -0.1) is 11.3 Å². The van der Waals surface area contributed by atoms with Crippen LogP contribution in [0.3, 0.4) is 0 Å². The average molecular weight is 371 g/mol. The number of rotatable bonds is 6. The maximum atomic E-state index is 12.8. The molecule has 0 fully saturated rings. The number of halogens is 2. The van der Waals surface area contributed by atoms with Gasteiger partial charge in [0, 0.05) is 33.7 Å². The largest absolute Gasteiger partial charge is 0.301 e. The summed E-state index contributed by atoms with van der Waals surface area (Å²) in [5.41, 5.74) is 0.316. The molecule has 0 aromatic carbocycles. The zero-order chi connectivity index (χ0) is 15.4. The molecule has 3 nitrogen and oxygen atoms in total. The van der Waals surface area contributed by atoms with E-state index in [1.807, 2.05) is 19.4 Å². The predicted octanol–water partition coefficient (Wildman–Crippen LogP) is 4.00. The van der Waals surface area contributed by atoms with Crippen molar-refractivity contribution in [3.63, 3.8) is 0 Å². The molecule has 2 aromatic rings. The van der Waals surface area contributed by atoms with Crippen LogP contribution in [-0.2, 0) is 6.54 Å². The van der Waals surface area contributed by atoms with Crippen LogP contribution in [0.1, 0.15) is 22.3 Å². The van der Waals surface area contributed by atoms with Crippen molar-refractivity contribution in [1.82, 2.24) is 9.88 Å². The van der Waals surface area contributed by atoms with Gasteiger partial charge in [-0.2, -0.15) is 0 Å². The van der Waals surface area contributed by atoms with Crippen molar-refractivity contribution in [2.75, 3.05) is 13.6 Å². The van der Waals surface area contributed by atoms with Gasteiger partial charge in [0.15, 0.2) is 5.78 Å². The van der Waals surface area contributed by atoms with Gasteiger partial charge in [0.2, 0.25) is 0 Å². The number of pyridine rings is 1. The molecule has 21 heavy (non-hydrogen) atoms. The van der Waals surface area contributed by atoms with Crippen LogP contribution in [-0.4, -0.2) is 29.3 Å². The molecule has 0 radical (unpaired) electrons. The molecule has 2 aromatic heterocycles. The third-order valence-corrected chi connectivity index (χ3v) is 4.74. The van der Waals surface area contributed by atoms with Crippen molar-refractivity contribution in [3.05, 3.63) is 50.6 Å². The normalized spacial score (nSPS) is 12.6. The Morgan fingerprint density at radius 3 is 2.86 bits per heavy atom. The molecule has 2 heterocycles. The van der Waals surface area contributed by atoms with Crippen LogP contribution in [0.5, 0.6) is 0 Å². The monoisotopic (exact) mass is 370 g/mol. The van der Waals surface area contributed by atoms with Crippen LogP contribution in [0, 0.1) is 11.7 Å². The zero-order valence-corrected chi connectivity index (χ0v) is 14.2. The fourth-order valence-corrected chi connectivity index (χ4v) is 3.62. The number of ketones is 1. The fraction of sp³-hybridized carbons (Fsp3) is 0.333. The molecule has 0 bridgehead atoms. The molecule has 0 amide bonds. The van der Waals surface area contributed by atoms with Gasteiger partial charge < -0.3 is 4.90 Å². The van der Waals surface area contributed by atoms with Gasteiger partial charge in [0.05, 0.1) is 6.20 Å². The third-order valence-electron chi connectivity index (χ3n) is 3.06. The van der Waals surface area contributed by atoms with Gasteiger partial charge in [-0.05, 0) is 41.2 Å². The molecule has 0 aliphatic heterocycles. The summed E-state index contributed by atoms with van der Waals surface area (Å²) in [6.45, 7) is 3.30. The molecule has 0 N–H and O–H groups in total. The Labute approximate surface area is 135 Å². The van der Waals surface area contributed by atoms with Crippen LogP contribution >= 0.6 is 27.3 Å². The number of hydrogen-bond donors (Lipinski definition) is 0. The van der Waals surface area contributed by atoms with Gasteiger partial charge >= 0.3 is 0 Å². The second kappa shape index (κ2) is 7.24. The van der Waals surface area contributed by atoms with Crippen molar-refractivity contribution >= 4 is 33.0 Å². The van der Waals surface area contributed by atoms with Crippen molar-refractivity contribution in [3.8, 4) is 0 Å². The smallest absolute Gasteiger partial charge is 0.185 e. The molecular weight excluding hydrogens is 355 g/mol. The van der Waals surface area contributed by atoms with E-state index in [9.17, 15) is 9.18 Å². The van der Waals surface area contributed by atoms with Gasteiger partial charge in [-0.3, -0.25) is 9.78 Å². The summed E-state index contributed by atoms with van der Waals surface area (Å²) in [6.07, 6.45) is 1.08. The van der Waals surface area contributed by atoms with E-state index in [1.165, 1.54) is 17.0 Å². The summed E-state index contributed by atoms with van der Waals surface area (Å²) in [5, 5.41) is 2.04. The van der Waals surface area contributed by atoms with Crippen molar-refractivity contribution in [2.45, 2.75) is 13.5 Å². The summed E-state index contributed by atoms with van der Waals surface area (Å²) in [6, 6.07) is 4.78. The molecule has 0 saturated heterocycles. The first kappa shape index (κ1) is 16.3. The second-order valence-electron chi connectivity index (χ2n) is 5.05. The Morgan fingerprint density at radius 1 is 1.52 bits per heavy atom. The van der Waals surface area contributed by atoms with Crippen LogP contribution in [0.2, 0.25) is 0 Å². The Kier molecular flexibility index (Phi) is 5.61. The molecule has 0 aliphatic carbocycles.